The van der Waals surface area contributed by atoms with E-state index >= 15 is 0 Å². The van der Waals surface area contributed by atoms with E-state index < -0.39 is 6.10 Å². The van der Waals surface area contributed by atoms with Gasteiger partial charge in [0.05, 0.1) is 6.20 Å². The van der Waals surface area contributed by atoms with Crippen molar-refractivity contribution < 1.29 is 9.84 Å². The minimum absolute atomic E-state index is 0.291. The molecule has 0 bridgehead atoms. The first-order chi connectivity index (χ1) is 10.2. The van der Waals surface area contributed by atoms with E-state index in [9.17, 15) is 5.11 Å². The number of nitrogens with one attached hydrogen (secondary N) is 1. The summed E-state index contributed by atoms with van der Waals surface area (Å²) in [5.74, 6) is 0.792. The SMILES string of the molecule is Cc1cccc(OCC(O)CNCCCn2ccnn2)c1. The molecule has 114 valence electrons. The summed E-state index contributed by atoms with van der Waals surface area (Å²) in [7, 11) is 0. The highest BCUT2D eigenvalue weighted by Crippen LogP contribution is 2.12. The second-order valence-electron chi connectivity index (χ2n) is 5.01. The zero-order valence-corrected chi connectivity index (χ0v) is 12.3. The molecule has 0 aliphatic rings. The Morgan fingerprint density at radius 3 is 3.10 bits per heavy atom. The molecular weight excluding hydrogens is 268 g/mol. The first kappa shape index (κ1) is 15.5. The van der Waals surface area contributed by atoms with Crippen molar-refractivity contribution in [2.45, 2.75) is 26.0 Å². The van der Waals surface area contributed by atoms with Gasteiger partial charge in [-0.2, -0.15) is 0 Å². The third-order valence-corrected chi connectivity index (χ3v) is 3.02. The second-order valence-corrected chi connectivity index (χ2v) is 5.01. The molecule has 0 aliphatic heterocycles. The van der Waals surface area contributed by atoms with E-state index in [1.165, 1.54) is 0 Å². The lowest BCUT2D eigenvalue weighted by atomic mass is 10.2. The Labute approximate surface area is 124 Å². The topological polar surface area (TPSA) is 72.2 Å². The van der Waals surface area contributed by atoms with E-state index in [0.29, 0.717) is 13.2 Å². The van der Waals surface area contributed by atoms with Crippen molar-refractivity contribution in [1.82, 2.24) is 20.3 Å². The summed E-state index contributed by atoms with van der Waals surface area (Å²) in [6, 6.07) is 7.81. The Hall–Kier alpha value is -1.92. The molecule has 0 aliphatic carbocycles. The number of aliphatic hydroxyl groups is 1. The number of aliphatic hydroxyl groups excluding tert-OH is 1. The predicted octanol–water partition coefficient (Wildman–Crippen LogP) is 1.01. The van der Waals surface area contributed by atoms with Crippen LogP contribution < -0.4 is 10.1 Å². The third kappa shape index (κ3) is 5.93. The molecule has 1 unspecified atom stereocenters. The summed E-state index contributed by atoms with van der Waals surface area (Å²) in [4.78, 5) is 0. The van der Waals surface area contributed by atoms with Crippen molar-refractivity contribution in [3.05, 3.63) is 42.2 Å². The Bertz CT molecular complexity index is 516. The zero-order chi connectivity index (χ0) is 14.9. The second kappa shape index (κ2) is 8.39. The molecule has 2 aromatic rings. The summed E-state index contributed by atoms with van der Waals surface area (Å²) >= 11 is 0. The van der Waals surface area contributed by atoms with Crippen LogP contribution in [0, 0.1) is 6.92 Å². The molecule has 1 aromatic carbocycles. The molecule has 1 heterocycles. The zero-order valence-electron chi connectivity index (χ0n) is 12.3. The van der Waals surface area contributed by atoms with Gasteiger partial charge in [-0.25, -0.2) is 0 Å². The van der Waals surface area contributed by atoms with Gasteiger partial charge in [0.1, 0.15) is 18.5 Å². The first-order valence-electron chi connectivity index (χ1n) is 7.16. The van der Waals surface area contributed by atoms with Crippen LogP contribution >= 0.6 is 0 Å². The molecule has 0 saturated heterocycles. The predicted molar refractivity (Wildman–Crippen MR) is 80.2 cm³/mol. The van der Waals surface area contributed by atoms with E-state index in [0.717, 1.165) is 30.8 Å². The highest BCUT2D eigenvalue weighted by Gasteiger charge is 2.04. The minimum Gasteiger partial charge on any atom is -0.491 e. The van der Waals surface area contributed by atoms with Crippen LogP contribution in [0.1, 0.15) is 12.0 Å². The van der Waals surface area contributed by atoms with Crippen LogP contribution in [0.2, 0.25) is 0 Å². The minimum atomic E-state index is -0.517. The number of ether oxygens (including phenoxy) is 1. The van der Waals surface area contributed by atoms with E-state index in [2.05, 4.69) is 15.6 Å². The third-order valence-electron chi connectivity index (χ3n) is 3.02. The van der Waals surface area contributed by atoms with Crippen molar-refractivity contribution in [2.75, 3.05) is 19.7 Å². The molecule has 2 rings (SSSR count). The number of hydrogen-bond donors (Lipinski definition) is 2. The lowest BCUT2D eigenvalue weighted by Gasteiger charge is -2.13. The monoisotopic (exact) mass is 290 g/mol. The Morgan fingerprint density at radius 1 is 1.43 bits per heavy atom. The maximum atomic E-state index is 9.85. The quantitative estimate of drug-likeness (QED) is 0.674. The number of nitrogens with zero attached hydrogens (tertiary/aromatic N) is 3. The van der Waals surface area contributed by atoms with Crippen LogP contribution in [-0.2, 0) is 6.54 Å². The summed E-state index contributed by atoms with van der Waals surface area (Å²) in [5.41, 5.74) is 1.15. The van der Waals surface area contributed by atoms with Gasteiger partial charge in [-0.3, -0.25) is 4.68 Å². The smallest absolute Gasteiger partial charge is 0.119 e. The van der Waals surface area contributed by atoms with Crippen LogP contribution in [0.3, 0.4) is 0 Å². The Kier molecular flexibility index (Phi) is 6.18. The molecule has 0 radical (unpaired) electrons. The Balaban J connectivity index is 1.54. The summed E-state index contributed by atoms with van der Waals surface area (Å²) in [6.45, 7) is 4.47. The number of benzene rings is 1. The molecule has 2 N–H and O–H groups in total. The molecule has 21 heavy (non-hydrogen) atoms. The molecule has 0 spiro atoms. The van der Waals surface area contributed by atoms with Gasteiger partial charge in [0.15, 0.2) is 0 Å². The Morgan fingerprint density at radius 2 is 2.33 bits per heavy atom. The average molecular weight is 290 g/mol. The van der Waals surface area contributed by atoms with Gasteiger partial charge in [0.2, 0.25) is 0 Å². The molecule has 0 saturated carbocycles. The summed E-state index contributed by atoms with van der Waals surface area (Å²) < 4.78 is 7.34. The number of rotatable bonds is 9. The maximum Gasteiger partial charge on any atom is 0.119 e. The highest BCUT2D eigenvalue weighted by atomic mass is 16.5. The fourth-order valence-corrected chi connectivity index (χ4v) is 1.94. The lowest BCUT2D eigenvalue weighted by molar-refractivity contribution is 0.106. The van der Waals surface area contributed by atoms with Gasteiger partial charge < -0.3 is 15.2 Å². The molecule has 1 aromatic heterocycles. The maximum absolute atomic E-state index is 9.85. The number of hydrogen-bond acceptors (Lipinski definition) is 5. The van der Waals surface area contributed by atoms with Crippen molar-refractivity contribution in [2.24, 2.45) is 0 Å². The van der Waals surface area contributed by atoms with Gasteiger partial charge in [0.25, 0.3) is 0 Å². The highest BCUT2D eigenvalue weighted by molar-refractivity contribution is 5.27. The van der Waals surface area contributed by atoms with Crippen molar-refractivity contribution in [1.29, 1.82) is 0 Å². The fourth-order valence-electron chi connectivity index (χ4n) is 1.94. The van der Waals surface area contributed by atoms with E-state index in [1.54, 1.807) is 10.9 Å². The standard InChI is InChI=1S/C15H22N4O2/c1-13-4-2-5-15(10-13)21-12-14(20)11-16-6-3-8-19-9-7-17-18-19/h2,4-5,7,9-10,14,16,20H,3,6,8,11-12H2,1H3. The van der Waals surface area contributed by atoms with Crippen molar-refractivity contribution >= 4 is 0 Å². The first-order valence-corrected chi connectivity index (χ1v) is 7.16. The molecule has 6 nitrogen and oxygen atoms in total. The molecule has 0 amide bonds. The van der Waals surface area contributed by atoms with Crippen LogP contribution in [0.25, 0.3) is 0 Å². The van der Waals surface area contributed by atoms with Crippen molar-refractivity contribution in [3.8, 4) is 5.75 Å². The molecule has 0 fully saturated rings. The van der Waals surface area contributed by atoms with Crippen LogP contribution in [0.5, 0.6) is 5.75 Å². The van der Waals surface area contributed by atoms with Gasteiger partial charge in [0, 0.05) is 19.3 Å². The number of aryl methyl sites for hydroxylation is 2. The fraction of sp³-hybridized carbons (Fsp3) is 0.467. The van der Waals surface area contributed by atoms with Crippen LogP contribution in [0.4, 0.5) is 0 Å². The van der Waals surface area contributed by atoms with Gasteiger partial charge in [-0.05, 0) is 37.6 Å². The largest absolute Gasteiger partial charge is 0.491 e. The number of aromatic nitrogens is 3. The van der Waals surface area contributed by atoms with Gasteiger partial charge in [-0.15, -0.1) is 5.10 Å². The van der Waals surface area contributed by atoms with Gasteiger partial charge >= 0.3 is 0 Å². The molecule has 1 atom stereocenters. The van der Waals surface area contributed by atoms with E-state index in [-0.39, 0.29) is 0 Å². The summed E-state index contributed by atoms with van der Waals surface area (Å²) in [6.07, 6.45) is 3.93. The van der Waals surface area contributed by atoms with Gasteiger partial charge in [-0.1, -0.05) is 17.3 Å². The normalized spacial score (nSPS) is 12.3. The van der Waals surface area contributed by atoms with Crippen LogP contribution in [0.15, 0.2) is 36.7 Å². The summed E-state index contributed by atoms with van der Waals surface area (Å²) in [5, 5.41) is 20.7. The molecule has 6 heteroatoms. The lowest BCUT2D eigenvalue weighted by Crippen LogP contribution is -2.32. The van der Waals surface area contributed by atoms with Crippen LogP contribution in [-0.4, -0.2) is 45.9 Å². The average Bonchev–Trinajstić information content (AvgIpc) is 2.98. The van der Waals surface area contributed by atoms with E-state index in [4.69, 9.17) is 4.74 Å². The van der Waals surface area contributed by atoms with E-state index in [1.807, 2.05) is 37.4 Å². The van der Waals surface area contributed by atoms with Crippen molar-refractivity contribution in [3.63, 3.8) is 0 Å². The molecular formula is C15H22N4O2.